The third-order valence-electron chi connectivity index (χ3n) is 8.00. The fraction of sp³-hybridized carbons (Fsp3) is 0.424. The van der Waals surface area contributed by atoms with Gasteiger partial charge in [0.25, 0.3) is 0 Å². The van der Waals surface area contributed by atoms with Crippen LogP contribution in [-0.4, -0.2) is 34.1 Å². The molecule has 0 spiro atoms. The Balaban J connectivity index is 1.10. The van der Waals surface area contributed by atoms with Gasteiger partial charge < -0.3 is 14.2 Å². The Hall–Kier alpha value is -2.82. The number of fused-ring (bicyclic) bond motifs is 1. The molecule has 5 rings (SSSR count). The number of ether oxygens (including phenoxy) is 1. The van der Waals surface area contributed by atoms with Crippen LogP contribution in [0.2, 0.25) is 5.02 Å². The van der Waals surface area contributed by atoms with E-state index in [1.54, 1.807) is 0 Å². The number of nitrogens with zero attached hydrogens (tertiary/aromatic N) is 3. The third kappa shape index (κ3) is 6.98. The summed E-state index contributed by atoms with van der Waals surface area (Å²) in [6, 6.07) is 23.0. The van der Waals surface area contributed by atoms with Gasteiger partial charge in [0.05, 0.1) is 11.0 Å². The molecule has 0 unspecified atom stereocenters. The minimum atomic E-state index is 0.455. The average Bonchev–Trinajstić information content (AvgIpc) is 3.29. The monoisotopic (exact) mass is 529 g/mol. The predicted molar refractivity (Wildman–Crippen MR) is 158 cm³/mol. The zero-order chi connectivity index (χ0) is 26.3. The molecule has 1 aromatic heterocycles. The maximum absolute atomic E-state index is 6.08. The molecule has 38 heavy (non-hydrogen) atoms. The van der Waals surface area contributed by atoms with E-state index in [9.17, 15) is 0 Å². The van der Waals surface area contributed by atoms with E-state index in [0.29, 0.717) is 11.6 Å². The summed E-state index contributed by atoms with van der Waals surface area (Å²) in [6.07, 6.45) is 7.53. The van der Waals surface area contributed by atoms with Gasteiger partial charge in [-0.3, -0.25) is 0 Å². The lowest BCUT2D eigenvalue weighted by Crippen LogP contribution is -2.34. The maximum atomic E-state index is 6.08. The van der Waals surface area contributed by atoms with Crippen LogP contribution >= 0.6 is 11.6 Å². The summed E-state index contributed by atoms with van der Waals surface area (Å²) in [5, 5.41) is 0.716. The highest BCUT2D eigenvalue weighted by Gasteiger charge is 2.19. The predicted octanol–water partition coefficient (Wildman–Crippen LogP) is 8.01. The van der Waals surface area contributed by atoms with Crippen LogP contribution in [0.25, 0.3) is 11.0 Å². The second-order valence-corrected chi connectivity index (χ2v) is 11.3. The number of halogens is 1. The van der Waals surface area contributed by atoms with Crippen molar-refractivity contribution in [3.8, 4) is 5.75 Å². The van der Waals surface area contributed by atoms with Crippen LogP contribution in [-0.2, 0) is 19.6 Å². The molecule has 1 fully saturated rings. The van der Waals surface area contributed by atoms with E-state index >= 15 is 0 Å². The number of hydrogen-bond acceptors (Lipinski definition) is 3. The number of rotatable bonds is 11. The minimum absolute atomic E-state index is 0.455. The molecule has 3 aromatic carbocycles. The lowest BCUT2D eigenvalue weighted by atomic mass is 9.92. The summed E-state index contributed by atoms with van der Waals surface area (Å²) in [5.41, 5.74) is 6.31. The van der Waals surface area contributed by atoms with Crippen molar-refractivity contribution >= 4 is 22.6 Å². The molecule has 4 aromatic rings. The van der Waals surface area contributed by atoms with E-state index in [1.165, 1.54) is 80.4 Å². The zero-order valence-electron chi connectivity index (χ0n) is 22.8. The van der Waals surface area contributed by atoms with Gasteiger partial charge in [-0.15, -0.1) is 0 Å². The Labute approximate surface area is 232 Å². The highest BCUT2D eigenvalue weighted by molar-refractivity contribution is 6.30. The molecule has 4 nitrogen and oxygen atoms in total. The van der Waals surface area contributed by atoms with Crippen LogP contribution in [0.1, 0.15) is 54.6 Å². The summed E-state index contributed by atoms with van der Waals surface area (Å²) in [4.78, 5) is 7.65. The topological polar surface area (TPSA) is 30.3 Å². The first-order valence-corrected chi connectivity index (χ1v) is 14.5. The van der Waals surface area contributed by atoms with E-state index in [4.69, 9.17) is 21.3 Å². The van der Waals surface area contributed by atoms with Crippen LogP contribution < -0.4 is 4.74 Å². The van der Waals surface area contributed by atoms with Gasteiger partial charge in [0.15, 0.2) is 0 Å². The summed E-state index contributed by atoms with van der Waals surface area (Å²) >= 11 is 6.03. The van der Waals surface area contributed by atoms with Crippen LogP contribution in [0.5, 0.6) is 5.75 Å². The molecule has 1 aliphatic rings. The van der Waals surface area contributed by atoms with Gasteiger partial charge in [0.1, 0.15) is 18.2 Å². The third-order valence-corrected chi connectivity index (χ3v) is 8.25. The number of piperidine rings is 1. The van der Waals surface area contributed by atoms with Gasteiger partial charge >= 0.3 is 0 Å². The normalized spacial score (nSPS) is 14.8. The van der Waals surface area contributed by atoms with Crippen molar-refractivity contribution in [2.24, 2.45) is 5.92 Å². The summed E-state index contributed by atoms with van der Waals surface area (Å²) < 4.78 is 8.46. The molecular formula is C33H40ClN3O. The molecule has 5 heteroatoms. The van der Waals surface area contributed by atoms with Gasteiger partial charge in [-0.2, -0.15) is 0 Å². The summed E-state index contributed by atoms with van der Waals surface area (Å²) in [6.45, 7) is 9.43. The number of para-hydroxylation sites is 1. The lowest BCUT2D eigenvalue weighted by Gasteiger charge is -2.32. The van der Waals surface area contributed by atoms with Gasteiger partial charge in [-0.05, 0) is 119 Å². The molecule has 0 radical (unpaired) electrons. The standard InChI is InChI=1S/C33H40ClN3O/c1-25-10-12-27(13-11-25)7-4-20-36-22-18-28(19-23-36)8-5-21-37-31-9-3-6-26(2)33(31)35-32(37)24-38-30-16-14-29(34)15-17-30/h3,6,9-17,28H,4-5,7-8,18-24H2,1-2H3. The molecule has 200 valence electrons. The molecule has 0 aliphatic carbocycles. The molecule has 0 saturated carbocycles. The van der Waals surface area contributed by atoms with Crippen molar-refractivity contribution in [2.45, 2.75) is 65.5 Å². The molecule has 1 saturated heterocycles. The molecule has 0 N–H and O–H groups in total. The Bertz CT molecular complexity index is 1300. The van der Waals surface area contributed by atoms with Crippen molar-refractivity contribution < 1.29 is 4.74 Å². The fourth-order valence-corrected chi connectivity index (χ4v) is 5.80. The van der Waals surface area contributed by atoms with Crippen LogP contribution in [0.15, 0.2) is 66.7 Å². The van der Waals surface area contributed by atoms with Crippen molar-refractivity contribution in [3.05, 3.63) is 94.3 Å². The quantitative estimate of drug-likeness (QED) is 0.197. The number of benzene rings is 3. The maximum Gasteiger partial charge on any atom is 0.148 e. The molecular weight excluding hydrogens is 490 g/mol. The Morgan fingerprint density at radius 3 is 2.42 bits per heavy atom. The van der Waals surface area contributed by atoms with Gasteiger partial charge in [0.2, 0.25) is 0 Å². The van der Waals surface area contributed by atoms with Gasteiger partial charge in [-0.25, -0.2) is 4.98 Å². The first-order valence-electron chi connectivity index (χ1n) is 14.2. The first kappa shape index (κ1) is 26.8. The van der Waals surface area contributed by atoms with E-state index in [2.05, 4.69) is 65.8 Å². The fourth-order valence-electron chi connectivity index (χ4n) is 5.67. The van der Waals surface area contributed by atoms with Crippen molar-refractivity contribution in [2.75, 3.05) is 19.6 Å². The summed E-state index contributed by atoms with van der Waals surface area (Å²) in [7, 11) is 0. The van der Waals surface area contributed by atoms with Crippen molar-refractivity contribution in [1.29, 1.82) is 0 Å². The highest BCUT2D eigenvalue weighted by Crippen LogP contribution is 2.26. The molecule has 0 atom stereocenters. The SMILES string of the molecule is Cc1ccc(CCCN2CCC(CCCn3c(COc4ccc(Cl)cc4)nc4c(C)cccc43)CC2)cc1. The number of likely N-dealkylation sites (tertiary alicyclic amines) is 1. The molecule has 0 amide bonds. The Kier molecular flexibility index (Phi) is 9.03. The number of aromatic nitrogens is 2. The van der Waals surface area contributed by atoms with E-state index in [0.717, 1.165) is 29.6 Å². The largest absolute Gasteiger partial charge is 0.486 e. The number of imidazole rings is 1. The number of hydrogen-bond donors (Lipinski definition) is 0. The summed E-state index contributed by atoms with van der Waals surface area (Å²) in [5.74, 6) is 2.64. The molecule has 0 bridgehead atoms. The van der Waals surface area contributed by atoms with Crippen molar-refractivity contribution in [1.82, 2.24) is 14.5 Å². The second-order valence-electron chi connectivity index (χ2n) is 10.9. The zero-order valence-corrected chi connectivity index (χ0v) is 23.6. The highest BCUT2D eigenvalue weighted by atomic mass is 35.5. The van der Waals surface area contributed by atoms with Crippen molar-refractivity contribution in [3.63, 3.8) is 0 Å². The van der Waals surface area contributed by atoms with E-state index in [-0.39, 0.29) is 0 Å². The van der Waals surface area contributed by atoms with Gasteiger partial charge in [-0.1, -0.05) is 53.6 Å². The average molecular weight is 530 g/mol. The lowest BCUT2D eigenvalue weighted by molar-refractivity contribution is 0.175. The van der Waals surface area contributed by atoms with Crippen LogP contribution in [0, 0.1) is 19.8 Å². The van der Waals surface area contributed by atoms with E-state index in [1.807, 2.05) is 24.3 Å². The minimum Gasteiger partial charge on any atom is -0.486 e. The van der Waals surface area contributed by atoms with Crippen LogP contribution in [0.4, 0.5) is 0 Å². The first-order chi connectivity index (χ1) is 18.5. The molecule has 2 heterocycles. The Morgan fingerprint density at radius 1 is 0.895 bits per heavy atom. The van der Waals surface area contributed by atoms with Gasteiger partial charge in [0, 0.05) is 11.6 Å². The van der Waals surface area contributed by atoms with E-state index < -0.39 is 0 Å². The second kappa shape index (κ2) is 12.8. The number of aryl methyl sites for hydroxylation is 4. The Morgan fingerprint density at radius 2 is 1.66 bits per heavy atom. The smallest absolute Gasteiger partial charge is 0.148 e. The van der Waals surface area contributed by atoms with Crippen LogP contribution in [0.3, 0.4) is 0 Å². The molecule has 1 aliphatic heterocycles.